The van der Waals surface area contributed by atoms with Crippen LogP contribution in [0.15, 0.2) is 22.7 Å². The summed E-state index contributed by atoms with van der Waals surface area (Å²) in [6, 6.07) is 5.60. The van der Waals surface area contributed by atoms with Crippen LogP contribution in [0.4, 0.5) is 11.5 Å². The number of hydrogen-bond donors (Lipinski definition) is 1. The van der Waals surface area contributed by atoms with E-state index >= 15 is 0 Å². The van der Waals surface area contributed by atoms with Crippen molar-refractivity contribution in [3.8, 4) is 0 Å². The third kappa shape index (κ3) is 3.34. The fraction of sp³-hybridized carbons (Fsp3) is 0.154. The number of hydrogen-bond acceptors (Lipinski definition) is 2. The van der Waals surface area contributed by atoms with Crippen molar-refractivity contribution in [2.75, 3.05) is 5.32 Å². The number of rotatable bonds is 2. The molecule has 6 heteroatoms. The summed E-state index contributed by atoms with van der Waals surface area (Å²) in [5.74, 6) is 0.490. The third-order valence-electron chi connectivity index (χ3n) is 2.63. The first-order chi connectivity index (χ1) is 8.88. The van der Waals surface area contributed by atoms with Crippen LogP contribution >= 0.6 is 50.7 Å². The Hall–Kier alpha value is -0.480. The van der Waals surface area contributed by atoms with Crippen LogP contribution in [0.25, 0.3) is 0 Å². The van der Waals surface area contributed by atoms with E-state index in [-0.39, 0.29) is 5.15 Å². The molecule has 0 amide bonds. The van der Waals surface area contributed by atoms with Crippen molar-refractivity contribution in [1.82, 2.24) is 4.98 Å². The highest BCUT2D eigenvalue weighted by atomic mass is 79.9. The van der Waals surface area contributed by atoms with Crippen LogP contribution < -0.4 is 5.32 Å². The van der Waals surface area contributed by atoms with Crippen molar-refractivity contribution in [3.63, 3.8) is 0 Å². The summed E-state index contributed by atoms with van der Waals surface area (Å²) in [6.45, 7) is 4.01. The van der Waals surface area contributed by atoms with E-state index in [2.05, 4.69) is 26.2 Å². The molecule has 1 N–H and O–H groups in total. The van der Waals surface area contributed by atoms with Gasteiger partial charge in [0.2, 0.25) is 0 Å². The fourth-order valence-electron chi connectivity index (χ4n) is 1.76. The predicted octanol–water partition coefficient (Wildman–Crippen LogP) is 6.16. The van der Waals surface area contributed by atoms with E-state index in [1.807, 2.05) is 26.0 Å². The lowest BCUT2D eigenvalue weighted by Gasteiger charge is -2.14. The molecule has 0 atom stereocenters. The molecule has 0 aliphatic carbocycles. The van der Waals surface area contributed by atoms with Gasteiger partial charge < -0.3 is 5.32 Å². The highest BCUT2D eigenvalue weighted by Crippen LogP contribution is 2.33. The molecule has 100 valence electrons. The molecule has 0 spiro atoms. The van der Waals surface area contributed by atoms with Gasteiger partial charge in [0.1, 0.15) is 5.15 Å². The molecule has 19 heavy (non-hydrogen) atoms. The van der Waals surface area contributed by atoms with E-state index in [9.17, 15) is 0 Å². The second-order valence-electron chi connectivity index (χ2n) is 4.13. The van der Waals surface area contributed by atoms with Crippen LogP contribution in [0.3, 0.4) is 0 Å². The average molecular weight is 381 g/mol. The highest BCUT2D eigenvalue weighted by Gasteiger charge is 2.11. The fourth-order valence-corrected chi connectivity index (χ4v) is 2.99. The lowest BCUT2D eigenvalue weighted by atomic mass is 10.1. The van der Waals surface area contributed by atoms with Crippen molar-refractivity contribution in [2.45, 2.75) is 13.8 Å². The third-order valence-corrected chi connectivity index (χ3v) is 4.05. The number of aromatic nitrogens is 1. The quantitative estimate of drug-likeness (QED) is 0.631. The summed E-state index contributed by atoms with van der Waals surface area (Å²) in [5.41, 5.74) is 3.11. The first-order valence-electron chi connectivity index (χ1n) is 5.44. The number of benzene rings is 1. The number of halogens is 4. The Balaban J connectivity index is 2.45. The molecule has 0 aliphatic heterocycles. The highest BCUT2D eigenvalue weighted by molar-refractivity contribution is 9.10. The number of nitrogens with one attached hydrogen (secondary N) is 1. The standard InChI is InChI=1S/C13H10BrCl3N2/c1-6-3-8(14)4-7(2)11(6)18-13-10(16)5-9(15)12(17)19-13/h3-5H,1-2H3,(H,18,19). The second-order valence-corrected chi connectivity index (χ2v) is 6.22. The van der Waals surface area contributed by atoms with Gasteiger partial charge in [0, 0.05) is 10.2 Å². The Morgan fingerprint density at radius 1 is 1.00 bits per heavy atom. The van der Waals surface area contributed by atoms with Gasteiger partial charge in [0.15, 0.2) is 5.82 Å². The minimum atomic E-state index is 0.223. The van der Waals surface area contributed by atoms with Crippen LogP contribution in [0, 0.1) is 13.8 Å². The predicted molar refractivity (Wildman–Crippen MR) is 86.2 cm³/mol. The monoisotopic (exact) mass is 378 g/mol. The first-order valence-corrected chi connectivity index (χ1v) is 7.36. The number of anilines is 2. The Morgan fingerprint density at radius 3 is 2.16 bits per heavy atom. The largest absolute Gasteiger partial charge is 0.339 e. The van der Waals surface area contributed by atoms with E-state index in [0.717, 1.165) is 21.3 Å². The summed E-state index contributed by atoms with van der Waals surface area (Å²) < 4.78 is 1.03. The summed E-state index contributed by atoms with van der Waals surface area (Å²) in [7, 11) is 0. The molecular weight excluding hydrogens is 370 g/mol. The van der Waals surface area contributed by atoms with Gasteiger partial charge in [-0.15, -0.1) is 0 Å². The Bertz CT molecular complexity index is 621. The molecule has 2 aromatic rings. The Morgan fingerprint density at radius 2 is 1.58 bits per heavy atom. The topological polar surface area (TPSA) is 24.9 Å². The molecule has 2 rings (SSSR count). The zero-order valence-corrected chi connectivity index (χ0v) is 14.0. The normalized spacial score (nSPS) is 10.6. The Kier molecular flexibility index (Phi) is 4.62. The SMILES string of the molecule is Cc1cc(Br)cc(C)c1Nc1nc(Cl)c(Cl)cc1Cl. The molecule has 0 saturated heterocycles. The molecule has 1 aromatic carbocycles. The maximum absolute atomic E-state index is 6.11. The number of pyridine rings is 1. The number of aryl methyl sites for hydroxylation is 2. The molecule has 0 fully saturated rings. The van der Waals surface area contributed by atoms with Gasteiger partial charge in [-0.05, 0) is 43.2 Å². The summed E-state index contributed by atoms with van der Waals surface area (Å²) in [4.78, 5) is 4.15. The van der Waals surface area contributed by atoms with E-state index in [1.165, 1.54) is 0 Å². The van der Waals surface area contributed by atoms with Gasteiger partial charge in [-0.1, -0.05) is 50.7 Å². The molecule has 0 aliphatic rings. The van der Waals surface area contributed by atoms with E-state index in [4.69, 9.17) is 34.8 Å². The molecule has 1 aromatic heterocycles. The summed E-state index contributed by atoms with van der Waals surface area (Å²) in [6.07, 6.45) is 0. The van der Waals surface area contributed by atoms with Gasteiger partial charge in [-0.3, -0.25) is 0 Å². The molecule has 0 unspecified atom stereocenters. The van der Waals surface area contributed by atoms with Crippen molar-refractivity contribution < 1.29 is 0 Å². The lowest BCUT2D eigenvalue weighted by molar-refractivity contribution is 1.27. The minimum Gasteiger partial charge on any atom is -0.339 e. The van der Waals surface area contributed by atoms with Crippen LogP contribution in [0.1, 0.15) is 11.1 Å². The molecule has 2 nitrogen and oxygen atoms in total. The van der Waals surface area contributed by atoms with Crippen LogP contribution in [-0.4, -0.2) is 4.98 Å². The number of nitrogens with zero attached hydrogens (tertiary/aromatic N) is 1. The van der Waals surface area contributed by atoms with E-state index in [1.54, 1.807) is 6.07 Å². The van der Waals surface area contributed by atoms with Crippen LogP contribution in [-0.2, 0) is 0 Å². The zero-order chi connectivity index (χ0) is 14.2. The molecular formula is C13H10BrCl3N2. The van der Waals surface area contributed by atoms with Crippen molar-refractivity contribution in [1.29, 1.82) is 0 Å². The van der Waals surface area contributed by atoms with E-state index in [0.29, 0.717) is 15.9 Å². The maximum Gasteiger partial charge on any atom is 0.151 e. The van der Waals surface area contributed by atoms with Crippen molar-refractivity contribution in [2.24, 2.45) is 0 Å². The zero-order valence-electron chi connectivity index (χ0n) is 10.2. The molecule has 1 heterocycles. The lowest BCUT2D eigenvalue weighted by Crippen LogP contribution is -1.99. The van der Waals surface area contributed by atoms with Crippen molar-refractivity contribution >= 4 is 62.2 Å². The van der Waals surface area contributed by atoms with Gasteiger partial charge >= 0.3 is 0 Å². The van der Waals surface area contributed by atoms with Gasteiger partial charge in [0.05, 0.1) is 10.0 Å². The average Bonchev–Trinajstić information content (AvgIpc) is 2.29. The Labute approximate surface area is 135 Å². The molecule has 0 saturated carbocycles. The first kappa shape index (κ1) is 14.9. The van der Waals surface area contributed by atoms with Gasteiger partial charge in [0.25, 0.3) is 0 Å². The maximum atomic E-state index is 6.11. The van der Waals surface area contributed by atoms with Crippen LogP contribution in [0.5, 0.6) is 0 Å². The van der Waals surface area contributed by atoms with E-state index < -0.39 is 0 Å². The smallest absolute Gasteiger partial charge is 0.151 e. The summed E-state index contributed by atoms with van der Waals surface area (Å²) >= 11 is 21.3. The minimum absolute atomic E-state index is 0.223. The molecule has 0 bridgehead atoms. The molecule has 0 radical (unpaired) electrons. The van der Waals surface area contributed by atoms with Crippen molar-refractivity contribution in [3.05, 3.63) is 49.0 Å². The van der Waals surface area contributed by atoms with Crippen LogP contribution in [0.2, 0.25) is 15.2 Å². The van der Waals surface area contributed by atoms with Gasteiger partial charge in [-0.25, -0.2) is 4.98 Å². The second kappa shape index (κ2) is 5.88. The van der Waals surface area contributed by atoms with Gasteiger partial charge in [-0.2, -0.15) is 0 Å². The summed E-state index contributed by atoms with van der Waals surface area (Å²) in [5, 5.41) is 4.18.